The predicted octanol–water partition coefficient (Wildman–Crippen LogP) is 6.83. The van der Waals surface area contributed by atoms with Crippen molar-refractivity contribution in [3.05, 3.63) is 92.4 Å². The minimum absolute atomic E-state index is 0.0224. The van der Waals surface area contributed by atoms with Crippen LogP contribution in [0.1, 0.15) is 32.8 Å². The number of amides is 2. The van der Waals surface area contributed by atoms with Gasteiger partial charge in [0.05, 0.1) is 20.6 Å². The Morgan fingerprint density at radius 1 is 0.875 bits per heavy atom. The summed E-state index contributed by atoms with van der Waals surface area (Å²) in [5.41, 5.74) is 0.679. The van der Waals surface area contributed by atoms with Crippen molar-refractivity contribution >= 4 is 73.9 Å². The van der Waals surface area contributed by atoms with Crippen molar-refractivity contribution in [2.45, 2.75) is 50.7 Å². The van der Waals surface area contributed by atoms with Crippen LogP contribution in [-0.4, -0.2) is 43.8 Å². The van der Waals surface area contributed by atoms with E-state index in [0.29, 0.717) is 15.6 Å². The smallest absolute Gasteiger partial charge is 0.264 e. The van der Waals surface area contributed by atoms with Crippen LogP contribution in [-0.2, 0) is 26.2 Å². The van der Waals surface area contributed by atoms with Crippen molar-refractivity contribution < 1.29 is 18.0 Å². The Balaban J connectivity index is 2.10. The fourth-order valence-corrected chi connectivity index (χ4v) is 6.21. The van der Waals surface area contributed by atoms with E-state index in [1.807, 2.05) is 13.8 Å². The van der Waals surface area contributed by atoms with Crippen LogP contribution in [0.2, 0.25) is 20.1 Å². The largest absolute Gasteiger partial charge is 0.352 e. The van der Waals surface area contributed by atoms with Gasteiger partial charge in [0, 0.05) is 22.6 Å². The molecule has 40 heavy (non-hydrogen) atoms. The highest BCUT2D eigenvalue weighted by atomic mass is 35.5. The maximum absolute atomic E-state index is 14.0. The van der Waals surface area contributed by atoms with Gasteiger partial charge in [0.1, 0.15) is 12.6 Å². The van der Waals surface area contributed by atoms with E-state index in [1.165, 1.54) is 41.3 Å². The lowest BCUT2D eigenvalue weighted by Gasteiger charge is -2.33. The summed E-state index contributed by atoms with van der Waals surface area (Å²) >= 11 is 24.8. The van der Waals surface area contributed by atoms with Gasteiger partial charge >= 0.3 is 0 Å². The van der Waals surface area contributed by atoms with Gasteiger partial charge in [-0.15, -0.1) is 0 Å². The lowest BCUT2D eigenvalue weighted by atomic mass is 10.1. The van der Waals surface area contributed by atoms with Crippen molar-refractivity contribution in [3.8, 4) is 0 Å². The number of nitrogens with zero attached hydrogens (tertiary/aromatic N) is 2. The molecule has 1 atom stereocenters. The third-order valence-electron chi connectivity index (χ3n) is 5.97. The van der Waals surface area contributed by atoms with Crippen LogP contribution in [0, 0.1) is 0 Å². The lowest BCUT2D eigenvalue weighted by molar-refractivity contribution is -0.140. The maximum atomic E-state index is 14.0. The number of carbonyl (C=O) groups excluding carboxylic acids is 2. The van der Waals surface area contributed by atoms with Crippen molar-refractivity contribution in [3.63, 3.8) is 0 Å². The summed E-state index contributed by atoms with van der Waals surface area (Å²) in [6.07, 6.45) is 0.272. The van der Waals surface area contributed by atoms with Gasteiger partial charge in [0.25, 0.3) is 10.0 Å². The molecule has 0 fully saturated rings. The third kappa shape index (κ3) is 7.83. The molecule has 0 unspecified atom stereocenters. The second-order valence-electron chi connectivity index (χ2n) is 9.27. The van der Waals surface area contributed by atoms with E-state index in [4.69, 9.17) is 46.4 Å². The summed E-state index contributed by atoms with van der Waals surface area (Å²) < 4.78 is 28.6. The van der Waals surface area contributed by atoms with Crippen LogP contribution in [0.5, 0.6) is 0 Å². The first-order valence-electron chi connectivity index (χ1n) is 12.4. The Morgan fingerprint density at radius 3 is 2.12 bits per heavy atom. The summed E-state index contributed by atoms with van der Waals surface area (Å²) in [6, 6.07) is 15.8. The van der Waals surface area contributed by atoms with E-state index in [2.05, 4.69) is 5.32 Å². The molecule has 0 saturated carbocycles. The average Bonchev–Trinajstić information content (AvgIpc) is 2.90. The maximum Gasteiger partial charge on any atom is 0.264 e. The molecule has 214 valence electrons. The second kappa shape index (κ2) is 13.9. The zero-order valence-electron chi connectivity index (χ0n) is 22.1. The Hall–Kier alpha value is -2.49. The third-order valence-corrected chi connectivity index (χ3v) is 9.09. The van der Waals surface area contributed by atoms with E-state index in [1.54, 1.807) is 37.3 Å². The molecule has 0 heterocycles. The van der Waals surface area contributed by atoms with Crippen LogP contribution in [0.15, 0.2) is 71.6 Å². The molecular weight excluding hydrogens is 616 g/mol. The standard InChI is InChI=1S/C28H29Cl4N3O4S/c1-4-26(28(37)33-18(2)3)34(16-19-10-11-20(29)14-24(19)31)27(36)17-35(21-12-13-23(30)25(32)15-21)40(38,39)22-8-6-5-7-9-22/h5-15,18,26H,4,16-17H2,1-3H3,(H,33,37)/t26-/m0/s1. The SMILES string of the molecule is CC[C@@H](C(=O)NC(C)C)N(Cc1ccc(Cl)cc1Cl)C(=O)CN(c1ccc(Cl)c(Cl)c1)S(=O)(=O)c1ccccc1. The van der Waals surface area contributed by atoms with Crippen LogP contribution in [0.4, 0.5) is 5.69 Å². The molecule has 3 aromatic rings. The summed E-state index contributed by atoms with van der Waals surface area (Å²) in [7, 11) is -4.23. The Labute approximate surface area is 255 Å². The Bertz CT molecular complexity index is 1470. The molecule has 0 aliphatic heterocycles. The number of benzene rings is 3. The minimum Gasteiger partial charge on any atom is -0.352 e. The Morgan fingerprint density at radius 2 is 1.55 bits per heavy atom. The first-order chi connectivity index (χ1) is 18.8. The lowest BCUT2D eigenvalue weighted by Crippen LogP contribution is -2.53. The number of anilines is 1. The first-order valence-corrected chi connectivity index (χ1v) is 15.4. The fraction of sp³-hybridized carbons (Fsp3) is 0.286. The summed E-state index contributed by atoms with van der Waals surface area (Å²) in [6.45, 7) is 4.72. The molecule has 12 heteroatoms. The van der Waals surface area contributed by atoms with Crippen LogP contribution in [0.3, 0.4) is 0 Å². The van der Waals surface area contributed by atoms with Crippen LogP contribution in [0.25, 0.3) is 0 Å². The van der Waals surface area contributed by atoms with Crippen LogP contribution >= 0.6 is 46.4 Å². The van der Waals surface area contributed by atoms with Crippen molar-refractivity contribution in [2.24, 2.45) is 0 Å². The molecule has 7 nitrogen and oxygen atoms in total. The van der Waals surface area contributed by atoms with Gasteiger partial charge in [-0.25, -0.2) is 8.42 Å². The predicted molar refractivity (Wildman–Crippen MR) is 162 cm³/mol. The van der Waals surface area contributed by atoms with Crippen molar-refractivity contribution in [1.82, 2.24) is 10.2 Å². The van der Waals surface area contributed by atoms with Gasteiger partial charge in [-0.2, -0.15) is 0 Å². The van der Waals surface area contributed by atoms with Gasteiger partial charge in [-0.05, 0) is 68.3 Å². The number of nitrogens with one attached hydrogen (secondary N) is 1. The number of sulfonamides is 1. The normalized spacial score (nSPS) is 12.2. The number of rotatable bonds is 11. The Kier molecular flexibility index (Phi) is 11.1. The molecule has 2 amide bonds. The molecule has 0 aliphatic rings. The summed E-state index contributed by atoms with van der Waals surface area (Å²) in [5.74, 6) is -0.995. The number of halogens is 4. The highest BCUT2D eigenvalue weighted by Crippen LogP contribution is 2.31. The van der Waals surface area contributed by atoms with Gasteiger partial charge in [-0.3, -0.25) is 13.9 Å². The molecule has 3 aromatic carbocycles. The number of carbonyl (C=O) groups is 2. The second-order valence-corrected chi connectivity index (χ2v) is 12.8. The van der Waals surface area contributed by atoms with E-state index in [-0.39, 0.29) is 45.5 Å². The highest BCUT2D eigenvalue weighted by Gasteiger charge is 2.34. The molecule has 0 spiro atoms. The molecular formula is C28H29Cl4N3O4S. The molecule has 0 aliphatic carbocycles. The monoisotopic (exact) mass is 643 g/mol. The molecule has 3 rings (SSSR count). The van der Waals surface area contributed by atoms with E-state index in [0.717, 1.165) is 4.31 Å². The molecule has 0 radical (unpaired) electrons. The molecule has 0 bridgehead atoms. The topological polar surface area (TPSA) is 86.8 Å². The fourth-order valence-electron chi connectivity index (χ4n) is 4.02. The molecule has 0 aromatic heterocycles. The summed E-state index contributed by atoms with van der Waals surface area (Å²) in [4.78, 5) is 28.5. The summed E-state index contributed by atoms with van der Waals surface area (Å²) in [5, 5.41) is 3.91. The quantitative estimate of drug-likeness (QED) is 0.248. The van der Waals surface area contributed by atoms with E-state index < -0.39 is 28.5 Å². The van der Waals surface area contributed by atoms with Gasteiger partial charge in [0.2, 0.25) is 11.8 Å². The van der Waals surface area contributed by atoms with Gasteiger partial charge < -0.3 is 10.2 Å². The average molecular weight is 645 g/mol. The highest BCUT2D eigenvalue weighted by molar-refractivity contribution is 7.92. The van der Waals surface area contributed by atoms with E-state index in [9.17, 15) is 18.0 Å². The van der Waals surface area contributed by atoms with Crippen LogP contribution < -0.4 is 9.62 Å². The molecule has 1 N–H and O–H groups in total. The zero-order chi connectivity index (χ0) is 29.6. The van der Waals surface area contributed by atoms with Gasteiger partial charge in [0.15, 0.2) is 0 Å². The zero-order valence-corrected chi connectivity index (χ0v) is 25.9. The van der Waals surface area contributed by atoms with Crippen molar-refractivity contribution in [2.75, 3.05) is 10.8 Å². The minimum atomic E-state index is -4.23. The molecule has 0 saturated heterocycles. The van der Waals surface area contributed by atoms with Crippen molar-refractivity contribution in [1.29, 1.82) is 0 Å². The van der Waals surface area contributed by atoms with E-state index >= 15 is 0 Å². The number of hydrogen-bond donors (Lipinski definition) is 1. The number of hydrogen-bond acceptors (Lipinski definition) is 4. The van der Waals surface area contributed by atoms with Gasteiger partial charge in [-0.1, -0.05) is 77.6 Å². The first kappa shape index (κ1) is 32.0.